The minimum atomic E-state index is -0.0184. The molecule has 0 aromatic heterocycles. The smallest absolute Gasteiger partial charge is 1.00 e. The van der Waals surface area contributed by atoms with Crippen LogP contribution >= 0.6 is 0 Å². The van der Waals surface area contributed by atoms with Crippen molar-refractivity contribution >= 4 is 11.6 Å². The molecular weight excluding hydrogens is 367 g/mol. The van der Waals surface area contributed by atoms with E-state index in [2.05, 4.69) is 6.92 Å². The molecule has 1 aliphatic carbocycles. The summed E-state index contributed by atoms with van der Waals surface area (Å²) >= 11 is 0. The maximum atomic E-state index is 13.0. The molecule has 3 rings (SSSR count). The summed E-state index contributed by atoms with van der Waals surface area (Å²) in [6.07, 6.45) is 13.9. The molecule has 0 bridgehead atoms. The van der Waals surface area contributed by atoms with Crippen LogP contribution in [0.4, 0.5) is 0 Å². The first-order chi connectivity index (χ1) is 13.7. The van der Waals surface area contributed by atoms with Crippen LogP contribution in [-0.4, -0.2) is 11.6 Å². The zero-order valence-electron chi connectivity index (χ0n) is 19.1. The first-order valence-corrected chi connectivity index (χ1v) is 11.0. The summed E-state index contributed by atoms with van der Waals surface area (Å²) in [6, 6.07) is 12.9. The Kier molecular flexibility index (Phi) is 10.3. The van der Waals surface area contributed by atoms with Gasteiger partial charge in [0, 0.05) is 22.3 Å². The number of hydrogen-bond acceptors (Lipinski definition) is 2. The molecule has 0 N–H and O–H groups in total. The van der Waals surface area contributed by atoms with E-state index in [4.69, 9.17) is 0 Å². The molecule has 0 amide bonds. The van der Waals surface area contributed by atoms with Crippen molar-refractivity contribution in [3.05, 3.63) is 70.3 Å². The number of rotatable bonds is 11. The third-order valence-corrected chi connectivity index (χ3v) is 5.84. The third-order valence-electron chi connectivity index (χ3n) is 5.84. The maximum Gasteiger partial charge on any atom is 1.00 e. The Balaban J connectivity index is 0.00000225. The van der Waals surface area contributed by atoms with Crippen LogP contribution in [0, 0.1) is 0 Å². The van der Waals surface area contributed by atoms with Gasteiger partial charge >= 0.3 is 29.6 Å². The first kappa shape index (κ1) is 24.1. The van der Waals surface area contributed by atoms with E-state index < -0.39 is 0 Å². The SMILES string of the molecule is CCCCCCCCCCCCc1cccc2c1C(=O)c1ccccc1C2=O.[H-].[Na+]. The molecule has 0 atom stereocenters. The van der Waals surface area contributed by atoms with Crippen molar-refractivity contribution in [1.82, 2.24) is 0 Å². The van der Waals surface area contributed by atoms with Crippen LogP contribution in [0.1, 0.15) is 110 Å². The Morgan fingerprint density at radius 2 is 1.14 bits per heavy atom. The molecule has 2 aromatic rings. The fourth-order valence-electron chi connectivity index (χ4n) is 4.23. The van der Waals surface area contributed by atoms with Gasteiger partial charge < -0.3 is 1.43 Å². The number of ketones is 2. The summed E-state index contributed by atoms with van der Waals surface area (Å²) in [5.74, 6) is -0.0111. The third kappa shape index (κ3) is 6.13. The number of unbranched alkanes of at least 4 members (excludes halogenated alkanes) is 9. The van der Waals surface area contributed by atoms with Crippen molar-refractivity contribution in [3.63, 3.8) is 0 Å². The average Bonchev–Trinajstić information content (AvgIpc) is 2.73. The number of carbonyl (C=O) groups is 2. The average molecular weight is 401 g/mol. The van der Waals surface area contributed by atoms with Crippen LogP contribution < -0.4 is 29.6 Å². The van der Waals surface area contributed by atoms with E-state index in [1.54, 1.807) is 18.2 Å². The Bertz CT molecular complexity index is 832. The summed E-state index contributed by atoms with van der Waals surface area (Å²) in [6.45, 7) is 2.26. The molecule has 2 nitrogen and oxygen atoms in total. The molecule has 1 aliphatic rings. The van der Waals surface area contributed by atoms with Gasteiger partial charge in [0.2, 0.25) is 0 Å². The van der Waals surface area contributed by atoms with Gasteiger partial charge in [0.05, 0.1) is 0 Å². The Morgan fingerprint density at radius 3 is 1.76 bits per heavy atom. The molecule has 2 aromatic carbocycles. The second-order valence-electron chi connectivity index (χ2n) is 7.98. The van der Waals surface area contributed by atoms with Gasteiger partial charge in [-0.05, 0) is 18.4 Å². The fraction of sp³-hybridized carbons (Fsp3) is 0.462. The van der Waals surface area contributed by atoms with Crippen molar-refractivity contribution in [3.8, 4) is 0 Å². The molecule has 29 heavy (non-hydrogen) atoms. The van der Waals surface area contributed by atoms with Crippen molar-refractivity contribution in [1.29, 1.82) is 0 Å². The summed E-state index contributed by atoms with van der Waals surface area (Å²) < 4.78 is 0. The second-order valence-corrected chi connectivity index (χ2v) is 7.98. The number of benzene rings is 2. The Morgan fingerprint density at radius 1 is 0.621 bits per heavy atom. The van der Waals surface area contributed by atoms with Crippen LogP contribution in [0.2, 0.25) is 0 Å². The molecule has 0 aliphatic heterocycles. The van der Waals surface area contributed by atoms with Gasteiger partial charge in [0.1, 0.15) is 0 Å². The van der Waals surface area contributed by atoms with Crippen LogP contribution in [0.3, 0.4) is 0 Å². The van der Waals surface area contributed by atoms with E-state index in [9.17, 15) is 9.59 Å². The van der Waals surface area contributed by atoms with Crippen LogP contribution in [-0.2, 0) is 6.42 Å². The molecule has 0 spiro atoms. The molecule has 150 valence electrons. The molecule has 0 saturated carbocycles. The fourth-order valence-corrected chi connectivity index (χ4v) is 4.23. The Hall–Kier alpha value is -1.22. The quantitative estimate of drug-likeness (QED) is 0.360. The topological polar surface area (TPSA) is 34.1 Å². The van der Waals surface area contributed by atoms with Gasteiger partial charge in [0.15, 0.2) is 11.6 Å². The van der Waals surface area contributed by atoms with Crippen molar-refractivity contribution < 1.29 is 40.6 Å². The van der Waals surface area contributed by atoms with E-state index in [1.807, 2.05) is 24.3 Å². The van der Waals surface area contributed by atoms with E-state index in [0.29, 0.717) is 22.3 Å². The van der Waals surface area contributed by atoms with Crippen LogP contribution in [0.25, 0.3) is 0 Å². The first-order valence-electron chi connectivity index (χ1n) is 11.0. The number of fused-ring (bicyclic) bond motifs is 2. The minimum absolute atomic E-state index is 0. The van der Waals surface area contributed by atoms with Gasteiger partial charge in [-0.15, -0.1) is 0 Å². The summed E-state index contributed by atoms with van der Waals surface area (Å²) in [5, 5.41) is 0. The van der Waals surface area contributed by atoms with Crippen LogP contribution in [0.5, 0.6) is 0 Å². The molecule has 0 unspecified atom stereocenters. The summed E-state index contributed by atoms with van der Waals surface area (Å²) in [5.41, 5.74) is 3.34. The molecular formula is C26H33NaO2. The van der Waals surface area contributed by atoms with E-state index >= 15 is 0 Å². The van der Waals surface area contributed by atoms with Crippen LogP contribution in [0.15, 0.2) is 42.5 Å². The molecule has 0 fully saturated rings. The number of aryl methyl sites for hydroxylation is 1. The maximum absolute atomic E-state index is 13.0. The largest absolute Gasteiger partial charge is 1.00 e. The van der Waals surface area contributed by atoms with Gasteiger partial charge in [-0.3, -0.25) is 9.59 Å². The standard InChI is InChI=1S/C26H32O2.Na.H/c1-2-3-4-5-6-7-8-9-10-11-15-20-16-14-19-23-24(20)26(28)22-18-13-12-17-21(22)25(23)27;;/h12-14,16-19H,2-11,15H2,1H3;;/q;+1;-1. The molecule has 0 radical (unpaired) electrons. The Labute approximate surface area is 199 Å². The predicted octanol–water partition coefficient (Wildman–Crippen LogP) is 4.04. The van der Waals surface area contributed by atoms with Crippen molar-refractivity contribution in [2.45, 2.75) is 77.6 Å². The molecule has 3 heteroatoms. The van der Waals surface area contributed by atoms with Crippen molar-refractivity contribution in [2.75, 3.05) is 0 Å². The monoisotopic (exact) mass is 400 g/mol. The van der Waals surface area contributed by atoms with Crippen molar-refractivity contribution in [2.24, 2.45) is 0 Å². The van der Waals surface area contributed by atoms with Gasteiger partial charge in [-0.1, -0.05) is 107 Å². The second kappa shape index (κ2) is 12.5. The van der Waals surface area contributed by atoms with Gasteiger partial charge in [-0.2, -0.15) is 0 Å². The van der Waals surface area contributed by atoms with E-state index in [-0.39, 0.29) is 42.6 Å². The van der Waals surface area contributed by atoms with E-state index in [1.165, 1.54) is 57.8 Å². The number of carbonyl (C=O) groups excluding carboxylic acids is 2. The molecule has 0 heterocycles. The summed E-state index contributed by atoms with van der Waals surface area (Å²) in [7, 11) is 0. The van der Waals surface area contributed by atoms with Gasteiger partial charge in [-0.25, -0.2) is 0 Å². The zero-order chi connectivity index (χ0) is 19.8. The number of hydrogen-bond donors (Lipinski definition) is 0. The predicted molar refractivity (Wildman–Crippen MR) is 116 cm³/mol. The molecule has 0 saturated heterocycles. The summed E-state index contributed by atoms with van der Waals surface area (Å²) in [4.78, 5) is 25.8. The normalized spacial score (nSPS) is 12.3. The minimum Gasteiger partial charge on any atom is -1.00 e. The van der Waals surface area contributed by atoms with Gasteiger partial charge in [0.25, 0.3) is 0 Å². The van der Waals surface area contributed by atoms with E-state index in [0.717, 1.165) is 18.4 Å². The zero-order valence-corrected chi connectivity index (χ0v) is 20.1.